The van der Waals surface area contributed by atoms with Crippen LogP contribution >= 0.6 is 0 Å². The van der Waals surface area contributed by atoms with Gasteiger partial charge in [-0.1, -0.05) is 24.3 Å². The van der Waals surface area contributed by atoms with Gasteiger partial charge in [-0.15, -0.1) is 0 Å². The van der Waals surface area contributed by atoms with Gasteiger partial charge in [0, 0.05) is 13.1 Å². The summed E-state index contributed by atoms with van der Waals surface area (Å²) >= 11 is 0. The predicted molar refractivity (Wildman–Crippen MR) is 59.5 cm³/mol. The fourth-order valence-electron chi connectivity index (χ4n) is 1.48. The summed E-state index contributed by atoms with van der Waals surface area (Å²) in [5.74, 6) is 0. The molecule has 14 heavy (non-hydrogen) atoms. The zero-order valence-electron chi connectivity index (χ0n) is 9.03. The van der Waals surface area contributed by atoms with Gasteiger partial charge in [-0.05, 0) is 31.5 Å². The van der Waals surface area contributed by atoms with Crippen LogP contribution in [0.5, 0.6) is 0 Å². The number of aryl methyl sites for hydroxylation is 1. The van der Waals surface area contributed by atoms with Crippen LogP contribution in [0.4, 0.5) is 0 Å². The minimum Gasteiger partial charge on any atom is -0.395 e. The van der Waals surface area contributed by atoms with Crippen LogP contribution in [0, 0.1) is 6.92 Å². The summed E-state index contributed by atoms with van der Waals surface area (Å²) in [6.07, 6.45) is 1.06. The van der Waals surface area contributed by atoms with Crippen LogP contribution in [0.15, 0.2) is 24.3 Å². The monoisotopic (exact) mass is 193 g/mol. The third kappa shape index (κ3) is 3.48. The molecule has 0 fully saturated rings. The maximum Gasteiger partial charge on any atom is 0.0558 e. The molecule has 1 aromatic carbocycles. The van der Waals surface area contributed by atoms with Crippen molar-refractivity contribution in [3.05, 3.63) is 35.4 Å². The number of hydrogen-bond donors (Lipinski definition) is 1. The van der Waals surface area contributed by atoms with Crippen LogP contribution in [0.1, 0.15) is 11.1 Å². The van der Waals surface area contributed by atoms with Crippen molar-refractivity contribution in [1.82, 2.24) is 4.90 Å². The predicted octanol–water partition coefficient (Wildman–Crippen LogP) is 1.46. The second-order valence-corrected chi connectivity index (χ2v) is 3.70. The molecule has 0 aliphatic carbocycles. The van der Waals surface area contributed by atoms with Gasteiger partial charge >= 0.3 is 0 Å². The second kappa shape index (κ2) is 5.78. The molecule has 0 atom stereocenters. The summed E-state index contributed by atoms with van der Waals surface area (Å²) in [7, 11) is 2.04. The standard InChI is InChI=1S/C12H19NO/c1-11-5-3-4-6-12(11)7-8-13(2)9-10-14/h3-6,14H,7-10H2,1-2H3. The number of aliphatic hydroxyl groups excluding tert-OH is 1. The molecule has 0 radical (unpaired) electrons. The van der Waals surface area contributed by atoms with Gasteiger partial charge in [-0.2, -0.15) is 0 Å². The van der Waals surface area contributed by atoms with Gasteiger partial charge in [0.15, 0.2) is 0 Å². The van der Waals surface area contributed by atoms with Crippen molar-refractivity contribution in [2.45, 2.75) is 13.3 Å². The third-order valence-electron chi connectivity index (χ3n) is 2.51. The van der Waals surface area contributed by atoms with E-state index < -0.39 is 0 Å². The van der Waals surface area contributed by atoms with E-state index in [0.29, 0.717) is 0 Å². The molecule has 0 aliphatic heterocycles. The average molecular weight is 193 g/mol. The lowest BCUT2D eigenvalue weighted by molar-refractivity contribution is 0.223. The van der Waals surface area contributed by atoms with E-state index in [1.807, 2.05) is 7.05 Å². The lowest BCUT2D eigenvalue weighted by Crippen LogP contribution is -2.24. The first-order chi connectivity index (χ1) is 6.74. The Bertz CT molecular complexity index is 273. The largest absolute Gasteiger partial charge is 0.395 e. The molecule has 2 heteroatoms. The molecular weight excluding hydrogens is 174 g/mol. The van der Waals surface area contributed by atoms with Crippen molar-refractivity contribution in [1.29, 1.82) is 0 Å². The van der Waals surface area contributed by atoms with E-state index in [4.69, 9.17) is 5.11 Å². The summed E-state index contributed by atoms with van der Waals surface area (Å²) in [5, 5.41) is 8.75. The maximum absolute atomic E-state index is 8.75. The molecular formula is C12H19NO. The highest BCUT2D eigenvalue weighted by molar-refractivity contribution is 5.25. The number of rotatable bonds is 5. The van der Waals surface area contributed by atoms with Gasteiger partial charge in [0.2, 0.25) is 0 Å². The van der Waals surface area contributed by atoms with Crippen LogP contribution in [0.2, 0.25) is 0 Å². The number of aliphatic hydroxyl groups is 1. The van der Waals surface area contributed by atoms with Gasteiger partial charge in [-0.25, -0.2) is 0 Å². The Hall–Kier alpha value is -0.860. The van der Waals surface area contributed by atoms with Crippen molar-refractivity contribution >= 4 is 0 Å². The fraction of sp³-hybridized carbons (Fsp3) is 0.500. The Labute approximate surface area is 86.2 Å². The highest BCUT2D eigenvalue weighted by Gasteiger charge is 2.00. The van der Waals surface area contributed by atoms with E-state index in [2.05, 4.69) is 36.1 Å². The molecule has 1 aromatic rings. The summed E-state index contributed by atoms with van der Waals surface area (Å²) in [4.78, 5) is 2.15. The van der Waals surface area contributed by atoms with Gasteiger partial charge in [0.25, 0.3) is 0 Å². The van der Waals surface area contributed by atoms with Crippen molar-refractivity contribution in [2.75, 3.05) is 26.7 Å². The SMILES string of the molecule is Cc1ccccc1CCN(C)CCO. The van der Waals surface area contributed by atoms with Crippen molar-refractivity contribution in [3.8, 4) is 0 Å². The molecule has 0 saturated carbocycles. The normalized spacial score (nSPS) is 10.9. The van der Waals surface area contributed by atoms with Gasteiger partial charge in [0.05, 0.1) is 6.61 Å². The van der Waals surface area contributed by atoms with E-state index in [-0.39, 0.29) is 6.61 Å². The Kier molecular flexibility index (Phi) is 4.63. The molecule has 0 bridgehead atoms. The first kappa shape index (κ1) is 11.2. The van der Waals surface area contributed by atoms with E-state index in [1.54, 1.807) is 0 Å². The first-order valence-electron chi connectivity index (χ1n) is 5.08. The maximum atomic E-state index is 8.75. The molecule has 1 rings (SSSR count). The highest BCUT2D eigenvalue weighted by Crippen LogP contribution is 2.07. The zero-order valence-corrected chi connectivity index (χ0v) is 9.03. The van der Waals surface area contributed by atoms with Gasteiger partial charge in [0.1, 0.15) is 0 Å². The summed E-state index contributed by atoms with van der Waals surface area (Å²) in [5.41, 5.74) is 2.75. The van der Waals surface area contributed by atoms with Crippen molar-refractivity contribution in [2.24, 2.45) is 0 Å². The summed E-state index contributed by atoms with van der Waals surface area (Å²) < 4.78 is 0. The lowest BCUT2D eigenvalue weighted by Gasteiger charge is -2.15. The molecule has 1 N–H and O–H groups in total. The Morgan fingerprint density at radius 2 is 1.93 bits per heavy atom. The van der Waals surface area contributed by atoms with Crippen LogP contribution in [-0.4, -0.2) is 36.8 Å². The Balaban J connectivity index is 2.41. The van der Waals surface area contributed by atoms with Gasteiger partial charge < -0.3 is 10.0 Å². The van der Waals surface area contributed by atoms with E-state index in [9.17, 15) is 0 Å². The molecule has 0 amide bonds. The summed E-state index contributed by atoms with van der Waals surface area (Å²) in [6, 6.07) is 8.45. The number of likely N-dealkylation sites (N-methyl/N-ethyl adjacent to an activating group) is 1. The van der Waals surface area contributed by atoms with Crippen molar-refractivity contribution < 1.29 is 5.11 Å². The number of benzene rings is 1. The molecule has 0 aromatic heterocycles. The average Bonchev–Trinajstić information content (AvgIpc) is 2.17. The second-order valence-electron chi connectivity index (χ2n) is 3.70. The fourth-order valence-corrected chi connectivity index (χ4v) is 1.48. The lowest BCUT2D eigenvalue weighted by atomic mass is 10.1. The van der Waals surface area contributed by atoms with E-state index in [0.717, 1.165) is 19.5 Å². The van der Waals surface area contributed by atoms with Crippen LogP contribution in [0.25, 0.3) is 0 Å². The molecule has 78 valence electrons. The molecule has 0 spiro atoms. The minimum atomic E-state index is 0.240. The molecule has 0 saturated heterocycles. The minimum absolute atomic E-state index is 0.240. The molecule has 2 nitrogen and oxygen atoms in total. The Morgan fingerprint density at radius 1 is 1.21 bits per heavy atom. The Morgan fingerprint density at radius 3 is 2.57 bits per heavy atom. The molecule has 0 unspecified atom stereocenters. The smallest absolute Gasteiger partial charge is 0.0558 e. The summed E-state index contributed by atoms with van der Waals surface area (Å²) in [6.45, 7) is 4.14. The third-order valence-corrected chi connectivity index (χ3v) is 2.51. The van der Waals surface area contributed by atoms with Crippen LogP contribution in [-0.2, 0) is 6.42 Å². The topological polar surface area (TPSA) is 23.5 Å². The molecule has 0 aliphatic rings. The van der Waals surface area contributed by atoms with Crippen LogP contribution in [0.3, 0.4) is 0 Å². The first-order valence-corrected chi connectivity index (χ1v) is 5.08. The van der Waals surface area contributed by atoms with Gasteiger partial charge in [-0.3, -0.25) is 0 Å². The molecule has 0 heterocycles. The number of nitrogens with zero attached hydrogens (tertiary/aromatic N) is 1. The van der Waals surface area contributed by atoms with Crippen molar-refractivity contribution in [3.63, 3.8) is 0 Å². The quantitative estimate of drug-likeness (QED) is 0.765. The highest BCUT2D eigenvalue weighted by atomic mass is 16.3. The van der Waals surface area contributed by atoms with E-state index >= 15 is 0 Å². The van der Waals surface area contributed by atoms with E-state index in [1.165, 1.54) is 11.1 Å². The zero-order chi connectivity index (χ0) is 10.4. The van der Waals surface area contributed by atoms with Crippen LogP contribution < -0.4 is 0 Å². The number of hydrogen-bond acceptors (Lipinski definition) is 2.